The lowest BCUT2D eigenvalue weighted by Gasteiger charge is -2.10. The van der Waals surface area contributed by atoms with Gasteiger partial charge in [-0.15, -0.1) is 5.10 Å². The molecule has 1 amide bonds. The minimum atomic E-state index is -0.314. The van der Waals surface area contributed by atoms with Gasteiger partial charge in [-0.2, -0.15) is 0 Å². The van der Waals surface area contributed by atoms with Crippen LogP contribution in [0.4, 0.5) is 5.69 Å². The summed E-state index contributed by atoms with van der Waals surface area (Å²) in [5, 5.41) is 10.7. The largest absolute Gasteiger partial charge is 0.497 e. The molecule has 0 aliphatic heterocycles. The summed E-state index contributed by atoms with van der Waals surface area (Å²) in [6, 6.07) is 5.19. The molecule has 0 spiro atoms. The maximum Gasteiger partial charge on any atom is 0.277 e. The second-order valence-corrected chi connectivity index (χ2v) is 5.29. The number of ether oxygens (including phenoxy) is 2. The van der Waals surface area contributed by atoms with E-state index in [-0.39, 0.29) is 5.91 Å². The zero-order valence-corrected chi connectivity index (χ0v) is 12.6. The van der Waals surface area contributed by atoms with Gasteiger partial charge in [0, 0.05) is 12.6 Å². The first-order chi connectivity index (χ1) is 10.7. The van der Waals surface area contributed by atoms with Crippen LogP contribution in [-0.4, -0.2) is 35.1 Å². The van der Waals surface area contributed by atoms with Crippen LogP contribution in [-0.2, 0) is 6.54 Å². The van der Waals surface area contributed by atoms with E-state index in [1.807, 2.05) is 0 Å². The van der Waals surface area contributed by atoms with E-state index in [1.165, 1.54) is 20.0 Å². The molecule has 0 unspecified atom stereocenters. The van der Waals surface area contributed by atoms with Gasteiger partial charge in [-0.1, -0.05) is 5.21 Å². The zero-order valence-electron chi connectivity index (χ0n) is 12.6. The summed E-state index contributed by atoms with van der Waals surface area (Å²) in [5.41, 5.74) is 0.851. The molecule has 1 aliphatic rings. The van der Waals surface area contributed by atoms with Crippen LogP contribution in [0.3, 0.4) is 0 Å². The highest BCUT2D eigenvalue weighted by Crippen LogP contribution is 2.30. The van der Waals surface area contributed by atoms with Gasteiger partial charge in [0.25, 0.3) is 5.91 Å². The predicted octanol–water partition coefficient (Wildman–Crippen LogP) is 1.96. The molecule has 0 saturated heterocycles. The molecular formula is C15H18N4O3. The summed E-state index contributed by atoms with van der Waals surface area (Å²) in [6.07, 6.45) is 4.12. The van der Waals surface area contributed by atoms with Crippen molar-refractivity contribution in [3.05, 3.63) is 30.1 Å². The minimum Gasteiger partial charge on any atom is -0.497 e. The molecule has 1 N–H and O–H groups in total. The second-order valence-electron chi connectivity index (χ2n) is 5.29. The molecular weight excluding hydrogens is 284 g/mol. The minimum absolute atomic E-state index is 0.290. The van der Waals surface area contributed by atoms with Crippen molar-refractivity contribution in [2.24, 2.45) is 5.92 Å². The fourth-order valence-corrected chi connectivity index (χ4v) is 2.14. The van der Waals surface area contributed by atoms with E-state index >= 15 is 0 Å². The van der Waals surface area contributed by atoms with E-state index in [2.05, 4.69) is 15.6 Å². The van der Waals surface area contributed by atoms with Crippen molar-refractivity contribution in [1.29, 1.82) is 0 Å². The van der Waals surface area contributed by atoms with Crippen LogP contribution >= 0.6 is 0 Å². The Hall–Kier alpha value is -2.57. The molecule has 0 bridgehead atoms. The molecule has 1 saturated carbocycles. The average Bonchev–Trinajstić information content (AvgIpc) is 3.22. The van der Waals surface area contributed by atoms with Gasteiger partial charge in [-0.05, 0) is 30.9 Å². The highest BCUT2D eigenvalue weighted by molar-refractivity contribution is 6.03. The maximum atomic E-state index is 12.2. The van der Waals surface area contributed by atoms with Crippen molar-refractivity contribution in [1.82, 2.24) is 15.0 Å². The Balaban J connectivity index is 1.71. The fraction of sp³-hybridized carbons (Fsp3) is 0.400. The number of amides is 1. The van der Waals surface area contributed by atoms with Gasteiger partial charge in [-0.3, -0.25) is 9.48 Å². The predicted molar refractivity (Wildman–Crippen MR) is 80.2 cm³/mol. The summed E-state index contributed by atoms with van der Waals surface area (Å²) in [6.45, 7) is 0.826. The summed E-state index contributed by atoms with van der Waals surface area (Å²) in [7, 11) is 3.11. The number of carbonyl (C=O) groups is 1. The molecule has 1 aliphatic carbocycles. The molecule has 7 nitrogen and oxygen atoms in total. The topological polar surface area (TPSA) is 78.3 Å². The molecule has 0 radical (unpaired) electrons. The Bertz CT molecular complexity index is 679. The molecule has 2 aromatic rings. The molecule has 1 aromatic carbocycles. The highest BCUT2D eigenvalue weighted by atomic mass is 16.5. The molecule has 1 fully saturated rings. The molecule has 3 rings (SSSR count). The number of nitrogens with one attached hydrogen (secondary N) is 1. The molecule has 1 aromatic heterocycles. The lowest BCUT2D eigenvalue weighted by molar-refractivity contribution is 0.102. The quantitative estimate of drug-likeness (QED) is 0.882. The number of benzene rings is 1. The van der Waals surface area contributed by atoms with Gasteiger partial charge in [0.15, 0.2) is 5.69 Å². The van der Waals surface area contributed by atoms with E-state index in [0.717, 1.165) is 6.54 Å². The van der Waals surface area contributed by atoms with Gasteiger partial charge in [0.2, 0.25) is 0 Å². The van der Waals surface area contributed by atoms with E-state index in [9.17, 15) is 4.79 Å². The third kappa shape index (κ3) is 3.19. The number of rotatable bonds is 6. The van der Waals surface area contributed by atoms with E-state index in [4.69, 9.17) is 9.47 Å². The number of nitrogens with zero attached hydrogens (tertiary/aromatic N) is 3. The number of hydrogen-bond acceptors (Lipinski definition) is 5. The van der Waals surface area contributed by atoms with Crippen molar-refractivity contribution in [3.8, 4) is 11.5 Å². The van der Waals surface area contributed by atoms with Crippen LogP contribution in [0.2, 0.25) is 0 Å². The van der Waals surface area contributed by atoms with Crippen LogP contribution in [0.5, 0.6) is 11.5 Å². The SMILES string of the molecule is COc1ccc(NC(=O)c2cn(CC3CC3)nn2)c(OC)c1. The van der Waals surface area contributed by atoms with Crippen molar-refractivity contribution >= 4 is 11.6 Å². The Labute approximate surface area is 128 Å². The first kappa shape index (κ1) is 14.4. The summed E-state index contributed by atoms with van der Waals surface area (Å²) < 4.78 is 12.1. The van der Waals surface area contributed by atoms with Gasteiger partial charge in [0.05, 0.1) is 26.1 Å². The van der Waals surface area contributed by atoms with Crippen molar-refractivity contribution in [3.63, 3.8) is 0 Å². The van der Waals surface area contributed by atoms with E-state index in [1.54, 1.807) is 36.2 Å². The number of carbonyl (C=O) groups excluding carboxylic acids is 1. The Morgan fingerprint density at radius 2 is 2.18 bits per heavy atom. The van der Waals surface area contributed by atoms with Gasteiger partial charge in [0.1, 0.15) is 11.5 Å². The second kappa shape index (κ2) is 6.05. The normalized spacial score (nSPS) is 13.7. The molecule has 22 heavy (non-hydrogen) atoms. The Morgan fingerprint density at radius 3 is 2.86 bits per heavy atom. The smallest absolute Gasteiger partial charge is 0.277 e. The van der Waals surface area contributed by atoms with Crippen LogP contribution in [0, 0.1) is 5.92 Å². The number of methoxy groups -OCH3 is 2. The molecule has 1 heterocycles. The maximum absolute atomic E-state index is 12.2. The summed E-state index contributed by atoms with van der Waals surface area (Å²) in [4.78, 5) is 12.2. The van der Waals surface area contributed by atoms with Gasteiger partial charge in [-0.25, -0.2) is 0 Å². The van der Waals surface area contributed by atoms with Crippen LogP contribution < -0.4 is 14.8 Å². The number of anilines is 1. The Morgan fingerprint density at radius 1 is 1.36 bits per heavy atom. The van der Waals surface area contributed by atoms with E-state index in [0.29, 0.717) is 28.8 Å². The third-order valence-corrected chi connectivity index (χ3v) is 3.57. The fourth-order valence-electron chi connectivity index (χ4n) is 2.14. The highest BCUT2D eigenvalue weighted by Gasteiger charge is 2.23. The lowest BCUT2D eigenvalue weighted by Crippen LogP contribution is -2.13. The monoisotopic (exact) mass is 302 g/mol. The van der Waals surface area contributed by atoms with Crippen molar-refractivity contribution in [2.75, 3.05) is 19.5 Å². The average molecular weight is 302 g/mol. The summed E-state index contributed by atoms with van der Waals surface area (Å²) >= 11 is 0. The lowest BCUT2D eigenvalue weighted by atomic mass is 10.2. The zero-order chi connectivity index (χ0) is 15.5. The van der Waals surface area contributed by atoms with Crippen molar-refractivity contribution < 1.29 is 14.3 Å². The third-order valence-electron chi connectivity index (χ3n) is 3.57. The van der Waals surface area contributed by atoms with Crippen LogP contribution in [0.1, 0.15) is 23.3 Å². The molecule has 116 valence electrons. The molecule has 7 heteroatoms. The molecule has 0 atom stereocenters. The Kier molecular flexibility index (Phi) is 3.95. The van der Waals surface area contributed by atoms with Crippen LogP contribution in [0.15, 0.2) is 24.4 Å². The standard InChI is InChI=1S/C15H18N4O3/c1-21-11-5-6-12(14(7-11)22-2)16-15(20)13-9-19(18-17-13)8-10-3-4-10/h5-7,9-10H,3-4,8H2,1-2H3,(H,16,20). The van der Waals surface area contributed by atoms with Gasteiger partial charge >= 0.3 is 0 Å². The first-order valence-electron chi connectivity index (χ1n) is 7.13. The van der Waals surface area contributed by atoms with E-state index < -0.39 is 0 Å². The summed E-state index contributed by atoms with van der Waals surface area (Å²) in [5.74, 6) is 1.55. The van der Waals surface area contributed by atoms with Gasteiger partial charge < -0.3 is 14.8 Å². The first-order valence-corrected chi connectivity index (χ1v) is 7.13. The number of hydrogen-bond donors (Lipinski definition) is 1. The van der Waals surface area contributed by atoms with Crippen molar-refractivity contribution in [2.45, 2.75) is 19.4 Å². The van der Waals surface area contributed by atoms with Crippen LogP contribution in [0.25, 0.3) is 0 Å². The number of aromatic nitrogens is 3.